The van der Waals surface area contributed by atoms with Gasteiger partial charge in [0.2, 0.25) is 7.07 Å². The molecule has 0 spiro atoms. The molecular weight excluding hydrogens is 468 g/mol. The Hall–Kier alpha value is -1.99. The minimum atomic E-state index is -3.39. The van der Waals surface area contributed by atoms with Crippen LogP contribution >= 0.6 is 14.7 Å². The number of methoxy groups -OCH3 is 1. The molecule has 0 saturated heterocycles. The monoisotopic (exact) mass is 497 g/mol. The van der Waals surface area contributed by atoms with Crippen LogP contribution in [0.2, 0.25) is 0 Å². The van der Waals surface area contributed by atoms with Gasteiger partial charge in [0.15, 0.2) is 0 Å². The smallest absolute Gasteiger partial charge is 0.351 e. The maximum absolute atomic E-state index is 12.9. The lowest BCUT2D eigenvalue weighted by Gasteiger charge is -2.25. The van der Waals surface area contributed by atoms with Crippen molar-refractivity contribution >= 4 is 32.7 Å². The van der Waals surface area contributed by atoms with Gasteiger partial charge in [0.1, 0.15) is 17.3 Å². The molecule has 0 heterocycles. The SMILES string of the molecule is C=CCNC(c1ccc(O[PH](=S)N(C)/N=C/c2ccc(OC)cc2)cc1)P(=O)(OC)OC. The van der Waals surface area contributed by atoms with Gasteiger partial charge in [-0.15, -0.1) is 6.58 Å². The van der Waals surface area contributed by atoms with Gasteiger partial charge < -0.3 is 18.3 Å². The lowest BCUT2D eigenvalue weighted by Crippen LogP contribution is -2.22. The highest BCUT2D eigenvalue weighted by Crippen LogP contribution is 2.58. The molecule has 1 N–H and O–H groups in total. The third-order valence-electron chi connectivity index (χ3n) is 4.44. The van der Waals surface area contributed by atoms with E-state index >= 15 is 0 Å². The Kier molecular flexibility index (Phi) is 10.6. The van der Waals surface area contributed by atoms with Crippen LogP contribution in [0.5, 0.6) is 11.5 Å². The average molecular weight is 497 g/mol. The van der Waals surface area contributed by atoms with Crippen LogP contribution in [-0.2, 0) is 25.4 Å². The highest BCUT2D eigenvalue weighted by molar-refractivity contribution is 8.02. The number of nitrogens with one attached hydrogen (secondary N) is 1. The first-order chi connectivity index (χ1) is 15.4. The first-order valence-electron chi connectivity index (χ1n) is 9.65. The fourth-order valence-electron chi connectivity index (χ4n) is 2.67. The molecule has 0 amide bonds. The van der Waals surface area contributed by atoms with E-state index in [4.69, 9.17) is 30.1 Å². The standard InChI is InChI=1S/C21H29N3O5P2S/c1-6-15-22-21(31(25,27-4)28-5)18-9-13-20(14-10-18)29-30(32)24(2)23-16-17-7-11-19(26-3)12-8-17/h6-14,16,21-22,30H,1,15H2,2-5H3/b23-16+. The molecule has 0 aliphatic carbocycles. The van der Waals surface area contributed by atoms with E-state index in [0.29, 0.717) is 12.3 Å². The molecule has 2 aromatic rings. The summed E-state index contributed by atoms with van der Waals surface area (Å²) in [4.78, 5) is 0. The van der Waals surface area contributed by atoms with Crippen LogP contribution in [0.25, 0.3) is 0 Å². The zero-order chi connectivity index (χ0) is 23.6. The van der Waals surface area contributed by atoms with E-state index in [0.717, 1.165) is 16.9 Å². The van der Waals surface area contributed by atoms with Crippen molar-refractivity contribution in [3.63, 3.8) is 0 Å². The highest BCUT2D eigenvalue weighted by Gasteiger charge is 2.34. The summed E-state index contributed by atoms with van der Waals surface area (Å²) in [6.07, 6.45) is 3.39. The molecule has 2 aromatic carbocycles. The fraction of sp³-hybridized carbons (Fsp3) is 0.286. The van der Waals surface area contributed by atoms with E-state index in [1.807, 2.05) is 24.3 Å². The van der Waals surface area contributed by atoms with E-state index in [2.05, 4.69) is 17.0 Å². The first kappa shape index (κ1) is 26.3. The Labute approximate surface area is 195 Å². The van der Waals surface area contributed by atoms with Gasteiger partial charge in [-0.1, -0.05) is 18.2 Å². The van der Waals surface area contributed by atoms with Gasteiger partial charge in [-0.2, -0.15) is 5.10 Å². The minimum Gasteiger partial charge on any atom is -0.497 e. The van der Waals surface area contributed by atoms with Gasteiger partial charge in [-0.3, -0.25) is 9.88 Å². The van der Waals surface area contributed by atoms with E-state index < -0.39 is 20.5 Å². The van der Waals surface area contributed by atoms with Crippen LogP contribution in [0, 0.1) is 0 Å². The summed E-state index contributed by atoms with van der Waals surface area (Å²) in [6, 6.07) is 14.7. The molecule has 0 fully saturated rings. The summed E-state index contributed by atoms with van der Waals surface area (Å²) in [5, 5.41) is 7.50. The minimum absolute atomic E-state index is 0.440. The molecule has 174 valence electrons. The summed E-state index contributed by atoms with van der Waals surface area (Å²) < 4.78 is 35.9. The van der Waals surface area contributed by atoms with Crippen LogP contribution in [0.4, 0.5) is 0 Å². The molecule has 8 nitrogen and oxygen atoms in total. The van der Waals surface area contributed by atoms with E-state index in [1.54, 1.807) is 55.5 Å². The molecule has 0 saturated carbocycles. The predicted molar refractivity (Wildman–Crippen MR) is 134 cm³/mol. The Morgan fingerprint density at radius 3 is 2.25 bits per heavy atom. The van der Waals surface area contributed by atoms with Gasteiger partial charge in [0.25, 0.3) is 0 Å². The molecule has 0 bridgehead atoms. The van der Waals surface area contributed by atoms with E-state index in [1.165, 1.54) is 14.2 Å². The van der Waals surface area contributed by atoms with Crippen molar-refractivity contribution < 1.29 is 22.9 Å². The predicted octanol–water partition coefficient (Wildman–Crippen LogP) is 4.81. The molecule has 0 radical (unpaired) electrons. The first-order valence-corrected chi connectivity index (χ1v) is 13.8. The third kappa shape index (κ3) is 7.27. The molecular formula is C21H29N3O5P2S. The molecule has 2 unspecified atom stereocenters. The Morgan fingerprint density at radius 2 is 1.72 bits per heavy atom. The van der Waals surface area contributed by atoms with Crippen LogP contribution < -0.4 is 14.6 Å². The van der Waals surface area contributed by atoms with Crippen molar-refractivity contribution in [2.24, 2.45) is 5.10 Å². The second kappa shape index (κ2) is 12.9. The van der Waals surface area contributed by atoms with Crippen molar-refractivity contribution in [1.82, 2.24) is 10.1 Å². The van der Waals surface area contributed by atoms with Gasteiger partial charge in [0, 0.05) is 27.8 Å². The largest absolute Gasteiger partial charge is 0.497 e. The van der Waals surface area contributed by atoms with Crippen molar-refractivity contribution in [2.45, 2.75) is 5.78 Å². The zero-order valence-electron chi connectivity index (χ0n) is 18.6. The van der Waals surface area contributed by atoms with Gasteiger partial charge >= 0.3 is 7.60 Å². The Bertz CT molecular complexity index is 962. The zero-order valence-corrected chi connectivity index (χ0v) is 21.3. The quantitative estimate of drug-likeness (QED) is 0.183. The fourth-order valence-corrected chi connectivity index (χ4v) is 5.16. The van der Waals surface area contributed by atoms with Crippen LogP contribution in [-0.4, -0.2) is 45.9 Å². The van der Waals surface area contributed by atoms with Gasteiger partial charge in [-0.05, 0) is 59.3 Å². The number of rotatable bonds is 13. The summed E-state index contributed by atoms with van der Waals surface area (Å²) in [5.74, 6) is 0.732. The lowest BCUT2D eigenvalue weighted by molar-refractivity contribution is 0.260. The molecule has 2 atom stereocenters. The maximum Gasteiger partial charge on any atom is 0.351 e. The van der Waals surface area contributed by atoms with E-state index in [-0.39, 0.29) is 0 Å². The molecule has 0 aromatic heterocycles. The summed E-state index contributed by atoms with van der Waals surface area (Å²) in [5.41, 5.74) is 1.65. The molecule has 2 rings (SSSR count). The van der Waals surface area contributed by atoms with Crippen LogP contribution in [0.15, 0.2) is 66.3 Å². The molecule has 32 heavy (non-hydrogen) atoms. The second-order valence-corrected chi connectivity index (χ2v) is 11.2. The van der Waals surface area contributed by atoms with Gasteiger partial charge in [-0.25, -0.2) is 4.78 Å². The molecule has 11 heteroatoms. The average Bonchev–Trinajstić information content (AvgIpc) is 2.83. The number of benzene rings is 2. The maximum atomic E-state index is 12.9. The number of hydrogen-bond acceptors (Lipinski definition) is 8. The number of hydrazone groups is 1. The second-order valence-electron chi connectivity index (χ2n) is 6.48. The lowest BCUT2D eigenvalue weighted by atomic mass is 10.2. The number of hydrogen-bond donors (Lipinski definition) is 1. The highest BCUT2D eigenvalue weighted by atomic mass is 32.4. The Morgan fingerprint density at radius 1 is 1.12 bits per heavy atom. The summed E-state index contributed by atoms with van der Waals surface area (Å²) >= 11 is 5.50. The van der Waals surface area contributed by atoms with Crippen molar-refractivity contribution in [2.75, 3.05) is 34.9 Å². The Balaban J connectivity index is 2.06. The van der Waals surface area contributed by atoms with E-state index in [9.17, 15) is 4.57 Å². The van der Waals surface area contributed by atoms with Crippen molar-refractivity contribution in [3.05, 3.63) is 72.3 Å². The van der Waals surface area contributed by atoms with Crippen molar-refractivity contribution in [3.8, 4) is 11.5 Å². The summed E-state index contributed by atoms with van der Waals surface area (Å²) in [7, 11) is 0.900. The number of nitrogens with zero attached hydrogens (tertiary/aromatic N) is 2. The van der Waals surface area contributed by atoms with Crippen molar-refractivity contribution in [1.29, 1.82) is 0 Å². The summed E-state index contributed by atoms with van der Waals surface area (Å²) in [6.45, 7) is 4.12. The molecule has 0 aliphatic rings. The topological polar surface area (TPSA) is 81.6 Å². The van der Waals surface area contributed by atoms with Crippen LogP contribution in [0.3, 0.4) is 0 Å². The molecule has 0 aliphatic heterocycles. The normalized spacial score (nSPS) is 13.5. The number of ether oxygens (including phenoxy) is 1. The van der Waals surface area contributed by atoms with Crippen LogP contribution in [0.1, 0.15) is 16.9 Å². The third-order valence-corrected chi connectivity index (χ3v) is 8.67. The van der Waals surface area contributed by atoms with Gasteiger partial charge in [0.05, 0.1) is 13.3 Å².